The molecule has 0 bridgehead atoms. The molecule has 5 nitrogen and oxygen atoms in total. The SMILES string of the molecule is COCCC1(C(=O)Nc2cccc(C(C)C(=O)O)c2)CCCC1. The summed E-state index contributed by atoms with van der Waals surface area (Å²) in [4.78, 5) is 23.9. The summed E-state index contributed by atoms with van der Waals surface area (Å²) in [6.45, 7) is 2.21. The van der Waals surface area contributed by atoms with Crippen LogP contribution in [0.4, 0.5) is 5.69 Å². The minimum Gasteiger partial charge on any atom is -0.481 e. The number of aliphatic carboxylic acids is 1. The van der Waals surface area contributed by atoms with E-state index in [-0.39, 0.29) is 11.3 Å². The summed E-state index contributed by atoms with van der Waals surface area (Å²) < 4.78 is 5.16. The average Bonchev–Trinajstić information content (AvgIpc) is 3.02. The van der Waals surface area contributed by atoms with Crippen LogP contribution < -0.4 is 5.32 Å². The van der Waals surface area contributed by atoms with E-state index in [0.29, 0.717) is 17.9 Å². The zero-order valence-corrected chi connectivity index (χ0v) is 13.8. The second kappa shape index (κ2) is 7.59. The van der Waals surface area contributed by atoms with Crippen molar-refractivity contribution in [2.45, 2.75) is 44.9 Å². The second-order valence-corrected chi connectivity index (χ2v) is 6.37. The van der Waals surface area contributed by atoms with Crippen molar-refractivity contribution in [1.82, 2.24) is 0 Å². The fraction of sp³-hybridized carbons (Fsp3) is 0.556. The quantitative estimate of drug-likeness (QED) is 0.807. The topological polar surface area (TPSA) is 75.6 Å². The van der Waals surface area contributed by atoms with Crippen molar-refractivity contribution in [3.8, 4) is 0 Å². The smallest absolute Gasteiger partial charge is 0.310 e. The number of nitrogens with one attached hydrogen (secondary N) is 1. The van der Waals surface area contributed by atoms with Gasteiger partial charge in [-0.05, 0) is 43.9 Å². The number of carboxylic acid groups (broad SMARTS) is 1. The van der Waals surface area contributed by atoms with Gasteiger partial charge in [0.15, 0.2) is 0 Å². The number of amides is 1. The Kier molecular flexibility index (Phi) is 5.77. The lowest BCUT2D eigenvalue weighted by atomic mass is 9.82. The van der Waals surface area contributed by atoms with E-state index in [1.165, 1.54) is 0 Å². The first-order valence-electron chi connectivity index (χ1n) is 8.12. The monoisotopic (exact) mass is 319 g/mol. The fourth-order valence-electron chi connectivity index (χ4n) is 3.23. The third kappa shape index (κ3) is 4.10. The van der Waals surface area contributed by atoms with Gasteiger partial charge < -0.3 is 15.2 Å². The number of rotatable bonds is 7. The Labute approximate surface area is 137 Å². The molecule has 0 radical (unpaired) electrons. The van der Waals surface area contributed by atoms with Crippen molar-refractivity contribution < 1.29 is 19.4 Å². The molecule has 0 spiro atoms. The summed E-state index contributed by atoms with van der Waals surface area (Å²) >= 11 is 0. The molecule has 1 aliphatic rings. The third-order valence-electron chi connectivity index (χ3n) is 4.84. The van der Waals surface area contributed by atoms with Crippen LogP contribution in [-0.4, -0.2) is 30.7 Å². The Balaban J connectivity index is 2.12. The van der Waals surface area contributed by atoms with E-state index >= 15 is 0 Å². The highest BCUT2D eigenvalue weighted by Gasteiger charge is 2.40. The van der Waals surface area contributed by atoms with E-state index in [1.807, 2.05) is 0 Å². The van der Waals surface area contributed by atoms with E-state index < -0.39 is 11.9 Å². The van der Waals surface area contributed by atoms with Gasteiger partial charge in [0.2, 0.25) is 5.91 Å². The van der Waals surface area contributed by atoms with Gasteiger partial charge in [0.05, 0.1) is 11.3 Å². The van der Waals surface area contributed by atoms with Crippen molar-refractivity contribution in [1.29, 1.82) is 0 Å². The molecule has 0 aliphatic heterocycles. The highest BCUT2D eigenvalue weighted by Crippen LogP contribution is 2.42. The predicted octanol–water partition coefficient (Wildman–Crippen LogP) is 3.41. The van der Waals surface area contributed by atoms with Gasteiger partial charge in [0, 0.05) is 19.4 Å². The lowest BCUT2D eigenvalue weighted by molar-refractivity contribution is -0.138. The molecule has 23 heavy (non-hydrogen) atoms. The Morgan fingerprint density at radius 2 is 2.04 bits per heavy atom. The van der Waals surface area contributed by atoms with Crippen LogP contribution in [0.2, 0.25) is 0 Å². The van der Waals surface area contributed by atoms with Crippen LogP contribution in [-0.2, 0) is 14.3 Å². The van der Waals surface area contributed by atoms with Crippen LogP contribution in [0.1, 0.15) is 50.5 Å². The first-order chi connectivity index (χ1) is 11.0. The molecule has 1 aromatic carbocycles. The largest absolute Gasteiger partial charge is 0.481 e. The lowest BCUT2D eigenvalue weighted by Crippen LogP contribution is -2.35. The van der Waals surface area contributed by atoms with Gasteiger partial charge >= 0.3 is 5.97 Å². The maximum atomic E-state index is 12.8. The maximum Gasteiger partial charge on any atom is 0.310 e. The molecule has 1 saturated carbocycles. The van der Waals surface area contributed by atoms with Gasteiger partial charge in [-0.3, -0.25) is 9.59 Å². The zero-order valence-electron chi connectivity index (χ0n) is 13.8. The summed E-state index contributed by atoms with van der Waals surface area (Å²) in [5.41, 5.74) is 0.988. The maximum absolute atomic E-state index is 12.8. The Hall–Kier alpha value is -1.88. The van der Waals surface area contributed by atoms with Crippen molar-refractivity contribution in [3.05, 3.63) is 29.8 Å². The summed E-state index contributed by atoms with van der Waals surface area (Å²) in [6.07, 6.45) is 4.61. The molecule has 2 rings (SSSR count). The molecule has 0 heterocycles. The first-order valence-corrected chi connectivity index (χ1v) is 8.12. The van der Waals surface area contributed by atoms with Gasteiger partial charge in [0.1, 0.15) is 0 Å². The molecule has 1 aromatic rings. The molecular weight excluding hydrogens is 294 g/mol. The van der Waals surface area contributed by atoms with Crippen molar-refractivity contribution in [2.24, 2.45) is 5.41 Å². The number of benzene rings is 1. The second-order valence-electron chi connectivity index (χ2n) is 6.37. The van der Waals surface area contributed by atoms with Gasteiger partial charge in [-0.2, -0.15) is 0 Å². The summed E-state index contributed by atoms with van der Waals surface area (Å²) in [7, 11) is 1.65. The Morgan fingerprint density at radius 1 is 1.35 bits per heavy atom. The number of carbonyl (C=O) groups excluding carboxylic acids is 1. The van der Waals surface area contributed by atoms with E-state index in [0.717, 1.165) is 32.1 Å². The van der Waals surface area contributed by atoms with Crippen LogP contribution in [0, 0.1) is 5.41 Å². The zero-order chi connectivity index (χ0) is 16.9. The van der Waals surface area contributed by atoms with Gasteiger partial charge in [0.25, 0.3) is 0 Å². The molecule has 5 heteroatoms. The minimum atomic E-state index is -0.874. The molecule has 1 atom stereocenters. The molecule has 0 saturated heterocycles. The van der Waals surface area contributed by atoms with Gasteiger partial charge in [-0.15, -0.1) is 0 Å². The van der Waals surface area contributed by atoms with Crippen molar-refractivity contribution >= 4 is 17.6 Å². The molecule has 0 aromatic heterocycles. The number of carbonyl (C=O) groups is 2. The minimum absolute atomic E-state index is 0.0205. The highest BCUT2D eigenvalue weighted by atomic mass is 16.5. The van der Waals surface area contributed by atoms with E-state index in [2.05, 4.69) is 5.32 Å². The molecule has 1 aliphatic carbocycles. The van der Waals surface area contributed by atoms with E-state index in [1.54, 1.807) is 38.3 Å². The van der Waals surface area contributed by atoms with Crippen LogP contribution in [0.15, 0.2) is 24.3 Å². The van der Waals surface area contributed by atoms with E-state index in [4.69, 9.17) is 9.84 Å². The van der Waals surface area contributed by atoms with Gasteiger partial charge in [-0.1, -0.05) is 25.0 Å². The molecule has 1 unspecified atom stereocenters. The van der Waals surface area contributed by atoms with Crippen molar-refractivity contribution in [2.75, 3.05) is 19.0 Å². The fourth-order valence-corrected chi connectivity index (χ4v) is 3.23. The number of methoxy groups -OCH3 is 1. The third-order valence-corrected chi connectivity index (χ3v) is 4.84. The standard InChI is InChI=1S/C18H25NO4/c1-13(16(20)21)14-6-5-7-15(12-14)19-17(22)18(10-11-23-2)8-3-4-9-18/h5-7,12-13H,3-4,8-11H2,1-2H3,(H,19,22)(H,20,21). The Bertz CT molecular complexity index is 564. The number of ether oxygens (including phenoxy) is 1. The van der Waals surface area contributed by atoms with E-state index in [9.17, 15) is 9.59 Å². The number of hydrogen-bond donors (Lipinski definition) is 2. The number of hydrogen-bond acceptors (Lipinski definition) is 3. The summed E-state index contributed by atoms with van der Waals surface area (Å²) in [5.74, 6) is -1.45. The normalized spacial score (nSPS) is 17.7. The predicted molar refractivity (Wildman–Crippen MR) is 88.5 cm³/mol. The van der Waals surface area contributed by atoms with Crippen molar-refractivity contribution in [3.63, 3.8) is 0 Å². The molecule has 1 amide bonds. The highest BCUT2D eigenvalue weighted by molar-refractivity contribution is 5.95. The molecule has 126 valence electrons. The first kappa shape index (κ1) is 17.5. The van der Waals surface area contributed by atoms with Crippen LogP contribution >= 0.6 is 0 Å². The van der Waals surface area contributed by atoms with Crippen LogP contribution in [0.3, 0.4) is 0 Å². The summed E-state index contributed by atoms with van der Waals surface area (Å²) in [6, 6.07) is 7.09. The molecular formula is C18H25NO4. The lowest BCUT2D eigenvalue weighted by Gasteiger charge is -2.27. The molecule has 1 fully saturated rings. The van der Waals surface area contributed by atoms with Crippen LogP contribution in [0.25, 0.3) is 0 Å². The van der Waals surface area contributed by atoms with Gasteiger partial charge in [-0.25, -0.2) is 0 Å². The number of anilines is 1. The average molecular weight is 319 g/mol. The van der Waals surface area contributed by atoms with Crippen LogP contribution in [0.5, 0.6) is 0 Å². The molecule has 2 N–H and O–H groups in total. The Morgan fingerprint density at radius 3 is 2.65 bits per heavy atom. The summed E-state index contributed by atoms with van der Waals surface area (Å²) in [5, 5.41) is 12.1. The number of carboxylic acids is 1.